The topological polar surface area (TPSA) is 98.3 Å². The number of amides is 2. The molecule has 6 nitrogen and oxygen atoms in total. The minimum absolute atomic E-state index is 0.0215. The van der Waals surface area contributed by atoms with Gasteiger partial charge in [0.25, 0.3) is 5.91 Å². The van der Waals surface area contributed by atoms with Crippen LogP contribution in [0, 0.1) is 11.3 Å². The lowest BCUT2D eigenvalue weighted by Gasteiger charge is -2.33. The van der Waals surface area contributed by atoms with Gasteiger partial charge in [0.2, 0.25) is 5.91 Å². The number of carbonyl (C=O) groups is 3. The normalized spacial score (nSPS) is 16.0. The lowest BCUT2D eigenvalue weighted by Crippen LogP contribution is -2.27. The Hall–Kier alpha value is -2.88. The van der Waals surface area contributed by atoms with Crippen molar-refractivity contribution in [1.29, 1.82) is 0 Å². The van der Waals surface area contributed by atoms with Crippen molar-refractivity contribution in [3.05, 3.63) is 45.8 Å². The summed E-state index contributed by atoms with van der Waals surface area (Å²) >= 11 is 1.21. The van der Waals surface area contributed by atoms with Crippen LogP contribution in [0.25, 0.3) is 0 Å². The Labute approximate surface area is 199 Å². The molecule has 1 aromatic carbocycles. The maximum atomic E-state index is 13.4. The second-order valence-corrected chi connectivity index (χ2v) is 10.5. The SMILES string of the molecule is CC(C)(C)C1CCc2c(sc(NC(=O)CCC(=O)[O-])c2C(=O)Nc2ccccc2C(F)(F)F)C1. The number of hydrogen-bond acceptors (Lipinski definition) is 5. The Kier molecular flexibility index (Phi) is 7.40. The maximum absolute atomic E-state index is 13.4. The minimum Gasteiger partial charge on any atom is -0.550 e. The monoisotopic (exact) mass is 495 g/mol. The molecule has 0 fully saturated rings. The van der Waals surface area contributed by atoms with Crippen LogP contribution in [0.4, 0.5) is 23.9 Å². The predicted molar refractivity (Wildman–Crippen MR) is 122 cm³/mol. The van der Waals surface area contributed by atoms with E-state index in [1.165, 1.54) is 29.5 Å². The van der Waals surface area contributed by atoms with E-state index in [-0.39, 0.29) is 28.1 Å². The van der Waals surface area contributed by atoms with E-state index in [0.717, 1.165) is 17.4 Å². The van der Waals surface area contributed by atoms with Crippen molar-refractivity contribution in [3.8, 4) is 0 Å². The Balaban J connectivity index is 1.96. The zero-order valence-electron chi connectivity index (χ0n) is 19.1. The fraction of sp³-hybridized carbons (Fsp3) is 0.458. The van der Waals surface area contributed by atoms with Gasteiger partial charge in [-0.25, -0.2) is 0 Å². The number of halogens is 3. The second kappa shape index (κ2) is 9.77. The Morgan fingerprint density at radius 1 is 1.09 bits per heavy atom. The number of hydrogen-bond donors (Lipinski definition) is 2. The van der Waals surface area contributed by atoms with Gasteiger partial charge in [-0.05, 0) is 54.7 Å². The summed E-state index contributed by atoms with van der Waals surface area (Å²) in [4.78, 5) is 37.1. The van der Waals surface area contributed by atoms with Crippen molar-refractivity contribution in [1.82, 2.24) is 0 Å². The summed E-state index contributed by atoms with van der Waals surface area (Å²) in [6.07, 6.45) is -3.45. The number of para-hydroxylation sites is 1. The average Bonchev–Trinajstić information content (AvgIpc) is 3.08. The summed E-state index contributed by atoms with van der Waals surface area (Å²) < 4.78 is 40.2. The minimum atomic E-state index is -4.65. The highest BCUT2D eigenvalue weighted by atomic mass is 32.1. The lowest BCUT2D eigenvalue weighted by atomic mass is 9.72. The number of nitrogens with one attached hydrogen (secondary N) is 2. The van der Waals surface area contributed by atoms with Gasteiger partial charge < -0.3 is 20.5 Å². The molecule has 0 bridgehead atoms. The first-order valence-corrected chi connectivity index (χ1v) is 11.7. The van der Waals surface area contributed by atoms with Crippen molar-refractivity contribution >= 4 is 39.8 Å². The van der Waals surface area contributed by atoms with E-state index in [2.05, 4.69) is 31.4 Å². The van der Waals surface area contributed by atoms with Gasteiger partial charge in [-0.15, -0.1) is 11.3 Å². The summed E-state index contributed by atoms with van der Waals surface area (Å²) in [7, 11) is 0. The predicted octanol–water partition coefficient (Wildman–Crippen LogP) is 4.64. The van der Waals surface area contributed by atoms with Crippen LogP contribution >= 0.6 is 11.3 Å². The smallest absolute Gasteiger partial charge is 0.418 e. The molecule has 2 N–H and O–H groups in total. The summed E-state index contributed by atoms with van der Waals surface area (Å²) in [5.41, 5.74) is -0.487. The Bertz CT molecular complexity index is 1100. The van der Waals surface area contributed by atoms with Crippen molar-refractivity contribution in [2.45, 2.75) is 59.1 Å². The van der Waals surface area contributed by atoms with Crippen molar-refractivity contribution in [3.63, 3.8) is 0 Å². The quantitative estimate of drug-likeness (QED) is 0.610. The number of carboxylic acids is 1. The zero-order valence-corrected chi connectivity index (χ0v) is 19.9. The molecule has 1 aromatic heterocycles. The molecule has 10 heteroatoms. The summed E-state index contributed by atoms with van der Waals surface area (Å²) in [5, 5.41) is 15.9. The number of alkyl halides is 3. The van der Waals surface area contributed by atoms with Gasteiger partial charge in [-0.3, -0.25) is 9.59 Å². The molecule has 0 radical (unpaired) electrons. The molecule has 1 aliphatic rings. The van der Waals surface area contributed by atoms with Gasteiger partial charge in [0.1, 0.15) is 5.00 Å². The largest absolute Gasteiger partial charge is 0.550 e. The van der Waals surface area contributed by atoms with Crippen molar-refractivity contribution < 1.29 is 32.7 Å². The number of rotatable bonds is 6. The molecule has 1 aliphatic carbocycles. The molecule has 34 heavy (non-hydrogen) atoms. The van der Waals surface area contributed by atoms with E-state index in [0.29, 0.717) is 24.3 Å². The highest BCUT2D eigenvalue weighted by Gasteiger charge is 2.36. The van der Waals surface area contributed by atoms with Crippen molar-refractivity contribution in [2.24, 2.45) is 11.3 Å². The van der Waals surface area contributed by atoms with Crippen LogP contribution in [-0.4, -0.2) is 17.8 Å². The van der Waals surface area contributed by atoms with Crippen LogP contribution in [0.5, 0.6) is 0 Å². The number of anilines is 2. The first kappa shape index (κ1) is 25.7. The first-order valence-electron chi connectivity index (χ1n) is 10.9. The van der Waals surface area contributed by atoms with Gasteiger partial charge >= 0.3 is 6.18 Å². The van der Waals surface area contributed by atoms with E-state index >= 15 is 0 Å². The highest BCUT2D eigenvalue weighted by Crippen LogP contribution is 2.45. The number of carboxylic acid groups (broad SMARTS) is 1. The van der Waals surface area contributed by atoms with E-state index in [9.17, 15) is 32.7 Å². The third-order valence-electron chi connectivity index (χ3n) is 6.01. The second-order valence-electron chi connectivity index (χ2n) is 9.43. The maximum Gasteiger partial charge on any atom is 0.418 e. The van der Waals surface area contributed by atoms with E-state index in [1.807, 2.05) is 0 Å². The molecular weight excluding hydrogens is 469 g/mol. The summed E-state index contributed by atoms with van der Waals surface area (Å²) in [6, 6.07) is 4.69. The highest BCUT2D eigenvalue weighted by molar-refractivity contribution is 7.17. The van der Waals surface area contributed by atoms with Gasteiger partial charge in [0.05, 0.1) is 16.8 Å². The molecule has 0 spiro atoms. The third-order valence-corrected chi connectivity index (χ3v) is 7.18. The molecule has 0 aliphatic heterocycles. The van der Waals surface area contributed by atoms with E-state index < -0.39 is 35.9 Å². The van der Waals surface area contributed by atoms with Crippen LogP contribution in [-0.2, 0) is 28.6 Å². The number of carbonyl (C=O) groups excluding carboxylic acids is 3. The van der Waals surface area contributed by atoms with Crippen LogP contribution in [0.3, 0.4) is 0 Å². The van der Waals surface area contributed by atoms with Crippen LogP contribution < -0.4 is 15.7 Å². The molecule has 1 heterocycles. The number of benzene rings is 1. The molecule has 3 rings (SSSR count). The fourth-order valence-corrected chi connectivity index (χ4v) is 5.42. The lowest BCUT2D eigenvalue weighted by molar-refractivity contribution is -0.305. The van der Waals surface area contributed by atoms with Gasteiger partial charge in [-0.2, -0.15) is 13.2 Å². The van der Waals surface area contributed by atoms with E-state index in [1.54, 1.807) is 0 Å². The van der Waals surface area contributed by atoms with Crippen LogP contribution in [0.2, 0.25) is 0 Å². The third kappa shape index (κ3) is 5.97. The molecule has 184 valence electrons. The van der Waals surface area contributed by atoms with Gasteiger partial charge in [-0.1, -0.05) is 32.9 Å². The van der Waals surface area contributed by atoms with Crippen molar-refractivity contribution in [2.75, 3.05) is 10.6 Å². The standard InChI is InChI=1S/C24H27F3N2O4S/c1-23(2,3)13-8-9-14-17(12-13)34-22(29-18(30)10-11-19(31)32)20(14)21(33)28-16-7-5-4-6-15(16)24(25,26)27/h4-7,13H,8-12H2,1-3H3,(H,28,33)(H,29,30)(H,31,32)/p-1. The first-order chi connectivity index (χ1) is 15.8. The Morgan fingerprint density at radius 2 is 1.76 bits per heavy atom. The van der Waals surface area contributed by atoms with Crippen LogP contribution in [0.1, 0.15) is 66.4 Å². The molecule has 0 saturated carbocycles. The number of fused-ring (bicyclic) bond motifs is 1. The molecule has 1 unspecified atom stereocenters. The summed E-state index contributed by atoms with van der Waals surface area (Å²) in [6.45, 7) is 6.38. The molecule has 2 aromatic rings. The molecular formula is C24H26F3N2O4S-. The Morgan fingerprint density at radius 3 is 2.38 bits per heavy atom. The van der Waals surface area contributed by atoms with Gasteiger partial charge in [0, 0.05) is 17.3 Å². The molecule has 2 amide bonds. The zero-order chi connectivity index (χ0) is 25.3. The number of thiophene rings is 1. The fourth-order valence-electron chi connectivity index (χ4n) is 4.08. The molecule has 1 atom stereocenters. The average molecular weight is 496 g/mol. The summed E-state index contributed by atoms with van der Waals surface area (Å²) in [5.74, 6) is -2.41. The van der Waals surface area contributed by atoms with E-state index in [4.69, 9.17) is 0 Å². The van der Waals surface area contributed by atoms with Crippen LogP contribution in [0.15, 0.2) is 24.3 Å². The van der Waals surface area contributed by atoms with Gasteiger partial charge in [0.15, 0.2) is 0 Å². The molecule has 0 saturated heterocycles. The number of aliphatic carboxylic acids is 1.